The van der Waals surface area contributed by atoms with Crippen molar-refractivity contribution < 1.29 is 54.4 Å². The van der Waals surface area contributed by atoms with E-state index >= 15 is 0 Å². The van der Waals surface area contributed by atoms with Crippen LogP contribution in [-0.4, -0.2) is 84.4 Å². The van der Waals surface area contributed by atoms with Gasteiger partial charge in [0.15, 0.2) is 29.0 Å². The molecule has 4 rings (SSSR count). The van der Waals surface area contributed by atoms with E-state index in [-0.39, 0.29) is 17.1 Å². The molecule has 5 atom stereocenters. The smallest absolute Gasteiger partial charge is 0.335 e. The fraction of sp³-hybridized carbons (Fsp3) is 0.261. The summed E-state index contributed by atoms with van der Waals surface area (Å²) in [6.07, 6.45) is -8.61. The van der Waals surface area contributed by atoms with E-state index in [2.05, 4.69) is 4.99 Å². The lowest BCUT2D eigenvalue weighted by Gasteiger charge is -2.45. The average Bonchev–Trinajstić information content (AvgIpc) is 2.86. The number of rotatable bonds is 6. The molecule has 1 aliphatic heterocycles. The molecule has 1 fully saturated rings. The van der Waals surface area contributed by atoms with Gasteiger partial charge in [-0.3, -0.25) is 9.79 Å². The predicted molar refractivity (Wildman–Crippen MR) is 127 cm³/mol. The SMILES string of the molecule is NC(N)=NC[C@]1(O)[C@H](O)[C@@H](C(=O)O)O[C@@H](Oc2cc3oc(-c4ccc(O)cc4)cc(=O)c3c(O)c2O)[C@@H]1O. The molecule has 0 aliphatic carbocycles. The van der Waals surface area contributed by atoms with E-state index in [0.29, 0.717) is 5.56 Å². The number of carbonyl (C=O) groups is 1. The van der Waals surface area contributed by atoms with Gasteiger partial charge in [-0.2, -0.15) is 0 Å². The number of aliphatic hydroxyl groups is 3. The topological polar surface area (TPSA) is 272 Å². The van der Waals surface area contributed by atoms with Gasteiger partial charge in [-0.25, -0.2) is 4.79 Å². The van der Waals surface area contributed by atoms with Crippen molar-refractivity contribution in [3.8, 4) is 34.3 Å². The number of phenols is 3. The summed E-state index contributed by atoms with van der Waals surface area (Å²) in [5, 5.41) is 71.5. The minimum atomic E-state index is -2.69. The van der Waals surface area contributed by atoms with Crippen molar-refractivity contribution in [1.29, 1.82) is 0 Å². The zero-order valence-corrected chi connectivity index (χ0v) is 19.3. The van der Waals surface area contributed by atoms with E-state index in [1.54, 1.807) is 0 Å². The van der Waals surface area contributed by atoms with Crippen LogP contribution in [0.4, 0.5) is 0 Å². The molecular formula is C23H23N3O12. The molecule has 15 nitrogen and oxygen atoms in total. The van der Waals surface area contributed by atoms with Gasteiger partial charge in [-0.1, -0.05) is 0 Å². The van der Waals surface area contributed by atoms with E-state index in [4.69, 9.17) is 25.4 Å². The maximum Gasteiger partial charge on any atom is 0.335 e. The molecule has 2 heterocycles. The highest BCUT2D eigenvalue weighted by Gasteiger charge is 2.58. The van der Waals surface area contributed by atoms with E-state index < -0.39 is 76.7 Å². The van der Waals surface area contributed by atoms with Crippen LogP contribution >= 0.6 is 0 Å². The first-order chi connectivity index (χ1) is 17.8. The van der Waals surface area contributed by atoms with Gasteiger partial charge in [0.25, 0.3) is 0 Å². The summed E-state index contributed by atoms with van der Waals surface area (Å²) in [4.78, 5) is 27.9. The van der Waals surface area contributed by atoms with Crippen LogP contribution in [0.1, 0.15) is 0 Å². The number of aliphatic carboxylic acids is 1. The Hall–Kier alpha value is -4.57. The molecule has 3 aromatic rings. The van der Waals surface area contributed by atoms with Gasteiger partial charge < -0.3 is 61.1 Å². The van der Waals surface area contributed by atoms with Crippen molar-refractivity contribution in [3.63, 3.8) is 0 Å². The van der Waals surface area contributed by atoms with Crippen LogP contribution in [0.25, 0.3) is 22.3 Å². The number of carboxylic acid groups (broad SMARTS) is 1. The summed E-state index contributed by atoms with van der Waals surface area (Å²) in [7, 11) is 0. The lowest BCUT2D eigenvalue weighted by molar-refractivity contribution is -0.303. The minimum absolute atomic E-state index is 0.0214. The number of aliphatic imine (C=N–C) groups is 1. The number of nitrogens with two attached hydrogens (primary N) is 2. The molecule has 15 heteroatoms. The Morgan fingerprint density at radius 3 is 2.32 bits per heavy atom. The first kappa shape index (κ1) is 26.5. The Bertz CT molecular complexity index is 1470. The molecule has 1 aliphatic rings. The number of aromatic hydroxyl groups is 3. The Labute approximate surface area is 212 Å². The van der Waals surface area contributed by atoms with E-state index in [0.717, 1.165) is 12.1 Å². The number of carboxylic acids is 1. The molecule has 1 saturated heterocycles. The zero-order chi connectivity index (χ0) is 27.9. The average molecular weight is 533 g/mol. The monoisotopic (exact) mass is 533 g/mol. The second-order valence-corrected chi connectivity index (χ2v) is 8.47. The molecule has 0 bridgehead atoms. The lowest BCUT2D eigenvalue weighted by Crippen LogP contribution is -2.70. The largest absolute Gasteiger partial charge is 0.508 e. The number of phenolic OH excluding ortho intramolecular Hbond substituents is 3. The highest BCUT2D eigenvalue weighted by Crippen LogP contribution is 2.43. The minimum Gasteiger partial charge on any atom is -0.508 e. The second-order valence-electron chi connectivity index (χ2n) is 8.47. The molecule has 1 aromatic heterocycles. The third-order valence-corrected chi connectivity index (χ3v) is 5.93. The number of hydrogen-bond donors (Lipinski definition) is 9. The first-order valence-corrected chi connectivity index (χ1v) is 10.8. The number of hydrogen-bond acceptors (Lipinski definition) is 12. The molecule has 0 amide bonds. The lowest BCUT2D eigenvalue weighted by atomic mass is 9.84. The number of aliphatic hydroxyl groups excluding tert-OH is 2. The summed E-state index contributed by atoms with van der Waals surface area (Å²) >= 11 is 0. The van der Waals surface area contributed by atoms with Gasteiger partial charge in [-0.05, 0) is 24.3 Å². The normalized spacial score (nSPS) is 25.1. The fourth-order valence-electron chi connectivity index (χ4n) is 3.91. The number of guanidine groups is 1. The van der Waals surface area contributed by atoms with Crippen LogP contribution in [0, 0.1) is 0 Å². The molecule has 202 valence electrons. The third kappa shape index (κ3) is 4.61. The van der Waals surface area contributed by atoms with Crippen LogP contribution in [0.15, 0.2) is 50.6 Å². The Balaban J connectivity index is 1.78. The predicted octanol–water partition coefficient (Wildman–Crippen LogP) is -1.51. The standard InChI is InChI=1S/C23H23N3O12/c24-22(25)26-7-23(35)18(31)17(20(33)34)38-21(19(23)32)37-13-6-12-14(16(30)15(13)29)10(28)5-11(36-12)8-1-3-9(27)4-2-8/h1-6,17-19,21,27,29-32,35H,7H2,(H,33,34)(H4,24,25,26)/t17-,18+,19-,21+,23-/m0/s1. The van der Waals surface area contributed by atoms with Crippen LogP contribution in [0.3, 0.4) is 0 Å². The van der Waals surface area contributed by atoms with E-state index in [1.165, 1.54) is 24.3 Å². The van der Waals surface area contributed by atoms with Crippen molar-refractivity contribution in [1.82, 2.24) is 0 Å². The van der Waals surface area contributed by atoms with Gasteiger partial charge in [0, 0.05) is 17.7 Å². The summed E-state index contributed by atoms with van der Waals surface area (Å²) in [6.45, 7) is -0.857. The molecule has 0 saturated carbocycles. The fourth-order valence-corrected chi connectivity index (χ4v) is 3.91. The summed E-state index contributed by atoms with van der Waals surface area (Å²) in [5.41, 5.74) is 7.13. The number of ether oxygens (including phenoxy) is 2. The summed E-state index contributed by atoms with van der Waals surface area (Å²) in [6, 6.07) is 7.62. The Morgan fingerprint density at radius 2 is 1.71 bits per heavy atom. The number of benzene rings is 2. The van der Waals surface area contributed by atoms with Crippen molar-refractivity contribution in [3.05, 3.63) is 46.6 Å². The third-order valence-electron chi connectivity index (χ3n) is 5.93. The van der Waals surface area contributed by atoms with Crippen LogP contribution in [0.2, 0.25) is 0 Å². The molecule has 2 aromatic carbocycles. The summed E-state index contributed by atoms with van der Waals surface area (Å²) < 4.78 is 16.2. The van der Waals surface area contributed by atoms with Gasteiger partial charge in [0.1, 0.15) is 40.3 Å². The highest BCUT2D eigenvalue weighted by molar-refractivity contribution is 5.89. The van der Waals surface area contributed by atoms with Crippen molar-refractivity contribution in [2.45, 2.75) is 30.2 Å². The number of fused-ring (bicyclic) bond motifs is 1. The Kier molecular flexibility index (Phi) is 6.77. The van der Waals surface area contributed by atoms with Crippen LogP contribution in [0.5, 0.6) is 23.0 Å². The molecule has 0 unspecified atom stereocenters. The second kappa shape index (κ2) is 9.71. The maximum atomic E-state index is 12.7. The van der Waals surface area contributed by atoms with Gasteiger partial charge >= 0.3 is 5.97 Å². The molecule has 0 radical (unpaired) electrons. The van der Waals surface area contributed by atoms with E-state index in [9.17, 15) is 45.3 Å². The van der Waals surface area contributed by atoms with Gasteiger partial charge in [0.2, 0.25) is 12.0 Å². The Morgan fingerprint density at radius 1 is 1.05 bits per heavy atom. The van der Waals surface area contributed by atoms with Crippen LogP contribution in [-0.2, 0) is 9.53 Å². The first-order valence-electron chi connectivity index (χ1n) is 10.8. The van der Waals surface area contributed by atoms with Gasteiger partial charge in [-0.15, -0.1) is 0 Å². The van der Waals surface area contributed by atoms with E-state index in [1.807, 2.05) is 0 Å². The zero-order valence-electron chi connectivity index (χ0n) is 19.3. The van der Waals surface area contributed by atoms with Crippen LogP contribution < -0.4 is 21.6 Å². The van der Waals surface area contributed by atoms with Crippen molar-refractivity contribution >= 4 is 22.9 Å². The highest BCUT2D eigenvalue weighted by atomic mass is 16.7. The van der Waals surface area contributed by atoms with Crippen molar-refractivity contribution in [2.24, 2.45) is 16.5 Å². The van der Waals surface area contributed by atoms with Crippen molar-refractivity contribution in [2.75, 3.05) is 6.54 Å². The maximum absolute atomic E-state index is 12.7. The molecule has 0 spiro atoms. The number of nitrogens with zero attached hydrogens (tertiary/aromatic N) is 1. The molecule has 11 N–H and O–H groups in total. The molecular weight excluding hydrogens is 510 g/mol. The quantitative estimate of drug-likeness (QED) is 0.0990. The molecule has 38 heavy (non-hydrogen) atoms. The van der Waals surface area contributed by atoms with Gasteiger partial charge in [0.05, 0.1) is 6.54 Å². The summed E-state index contributed by atoms with van der Waals surface area (Å²) in [5.74, 6) is -4.89.